The van der Waals surface area contributed by atoms with Gasteiger partial charge in [0.15, 0.2) is 0 Å². The van der Waals surface area contributed by atoms with E-state index in [-0.39, 0.29) is 29.6 Å². The molecule has 0 saturated heterocycles. The van der Waals surface area contributed by atoms with Crippen molar-refractivity contribution in [3.8, 4) is 0 Å². The molecule has 0 fully saturated rings. The second kappa shape index (κ2) is 14.5. The molecule has 0 aromatic heterocycles. The van der Waals surface area contributed by atoms with Crippen molar-refractivity contribution < 1.29 is 5.11 Å². The molecule has 2 heteroatoms. The molecule has 0 spiro atoms. The number of rotatable bonds is 8. The van der Waals surface area contributed by atoms with E-state index < -0.39 is 0 Å². The van der Waals surface area contributed by atoms with Gasteiger partial charge in [0.25, 0.3) is 0 Å². The molecule has 0 rings (SSSR count). The fraction of sp³-hybridized carbons (Fsp3) is 1.00. The summed E-state index contributed by atoms with van der Waals surface area (Å²) in [5.41, 5.74) is 0. The maximum Gasteiger partial charge on any atom is 0.0431 e. The Kier molecular flexibility index (Phi) is 18.6. The van der Waals surface area contributed by atoms with Gasteiger partial charge in [-0.3, -0.25) is 0 Å². The van der Waals surface area contributed by atoms with Crippen molar-refractivity contribution in [2.45, 2.75) is 58.3 Å². The van der Waals surface area contributed by atoms with Crippen molar-refractivity contribution in [1.82, 2.24) is 0 Å². The molecule has 0 aliphatic rings. The topological polar surface area (TPSA) is 20.2 Å². The standard InChI is InChI=1S/C10H22O.Na/c1-2-3-4-5-6-7-8-9-10-11;/h11H,2-10H2,1H3;. The van der Waals surface area contributed by atoms with E-state index in [1.807, 2.05) is 0 Å². The Hall–Kier alpha value is 0.960. The van der Waals surface area contributed by atoms with Crippen LogP contribution in [0, 0.1) is 0 Å². The Labute approximate surface area is 99.2 Å². The Morgan fingerprint density at radius 3 is 1.58 bits per heavy atom. The average Bonchev–Trinajstić information content (AvgIpc) is 2.03. The largest absolute Gasteiger partial charge is 0.396 e. The van der Waals surface area contributed by atoms with Crippen LogP contribution in [-0.2, 0) is 0 Å². The van der Waals surface area contributed by atoms with Gasteiger partial charge in [-0.25, -0.2) is 0 Å². The fourth-order valence-electron chi connectivity index (χ4n) is 1.25. The van der Waals surface area contributed by atoms with Gasteiger partial charge < -0.3 is 5.11 Å². The predicted molar refractivity (Wildman–Crippen MR) is 55.4 cm³/mol. The number of hydrogen-bond acceptors (Lipinski definition) is 1. The molecule has 0 amide bonds. The molecule has 69 valence electrons. The number of aliphatic hydroxyl groups excluding tert-OH is 1. The molecule has 0 aromatic rings. The van der Waals surface area contributed by atoms with E-state index in [4.69, 9.17) is 5.11 Å². The molecule has 1 nitrogen and oxygen atoms in total. The van der Waals surface area contributed by atoms with Gasteiger partial charge in [-0.2, -0.15) is 0 Å². The van der Waals surface area contributed by atoms with E-state index in [1.165, 1.54) is 44.9 Å². The van der Waals surface area contributed by atoms with Gasteiger partial charge in [-0.1, -0.05) is 51.9 Å². The van der Waals surface area contributed by atoms with Crippen molar-refractivity contribution >= 4 is 29.6 Å². The number of hydrogen-bond donors (Lipinski definition) is 1. The van der Waals surface area contributed by atoms with Crippen LogP contribution in [0.1, 0.15) is 58.3 Å². The van der Waals surface area contributed by atoms with Crippen LogP contribution >= 0.6 is 0 Å². The first-order chi connectivity index (χ1) is 5.41. The van der Waals surface area contributed by atoms with Gasteiger partial charge in [0.1, 0.15) is 0 Å². The second-order valence-electron chi connectivity index (χ2n) is 3.20. The van der Waals surface area contributed by atoms with Crippen LogP contribution < -0.4 is 0 Å². The molecule has 1 radical (unpaired) electrons. The Morgan fingerprint density at radius 2 is 1.17 bits per heavy atom. The van der Waals surface area contributed by atoms with Crippen molar-refractivity contribution in [3.63, 3.8) is 0 Å². The maximum atomic E-state index is 8.51. The van der Waals surface area contributed by atoms with E-state index >= 15 is 0 Å². The smallest absolute Gasteiger partial charge is 0.0431 e. The van der Waals surface area contributed by atoms with Gasteiger partial charge in [0.05, 0.1) is 0 Å². The molecule has 0 saturated carbocycles. The number of unbranched alkanes of at least 4 members (excludes halogenated alkanes) is 7. The molecule has 1 N–H and O–H groups in total. The molecule has 0 aliphatic carbocycles. The Balaban J connectivity index is 0. The van der Waals surface area contributed by atoms with Crippen LogP contribution in [0.2, 0.25) is 0 Å². The molecule has 12 heavy (non-hydrogen) atoms. The van der Waals surface area contributed by atoms with Crippen LogP contribution in [0.5, 0.6) is 0 Å². The van der Waals surface area contributed by atoms with Crippen molar-refractivity contribution in [2.24, 2.45) is 0 Å². The number of aliphatic hydroxyl groups is 1. The summed E-state index contributed by atoms with van der Waals surface area (Å²) in [5.74, 6) is 0. The molecular weight excluding hydrogens is 159 g/mol. The van der Waals surface area contributed by atoms with Crippen LogP contribution in [0.25, 0.3) is 0 Å². The Bertz CT molecular complexity index is 58.9. The summed E-state index contributed by atoms with van der Waals surface area (Å²) in [7, 11) is 0. The van der Waals surface area contributed by atoms with E-state index in [1.54, 1.807) is 0 Å². The minimum atomic E-state index is 0. The minimum Gasteiger partial charge on any atom is -0.396 e. The van der Waals surface area contributed by atoms with Crippen molar-refractivity contribution in [1.29, 1.82) is 0 Å². The first-order valence-corrected chi connectivity index (χ1v) is 5.02. The van der Waals surface area contributed by atoms with Crippen LogP contribution in [0.3, 0.4) is 0 Å². The SMILES string of the molecule is CCCCCCCCCCO.[Na]. The summed E-state index contributed by atoms with van der Waals surface area (Å²) in [4.78, 5) is 0. The third-order valence-electron chi connectivity index (χ3n) is 2.01. The van der Waals surface area contributed by atoms with Crippen molar-refractivity contribution in [3.05, 3.63) is 0 Å². The summed E-state index contributed by atoms with van der Waals surface area (Å²) < 4.78 is 0. The van der Waals surface area contributed by atoms with Crippen molar-refractivity contribution in [2.75, 3.05) is 6.61 Å². The summed E-state index contributed by atoms with van der Waals surface area (Å²) >= 11 is 0. The van der Waals surface area contributed by atoms with E-state index in [0.29, 0.717) is 6.61 Å². The predicted octanol–water partition coefficient (Wildman–Crippen LogP) is 2.74. The Morgan fingerprint density at radius 1 is 0.750 bits per heavy atom. The second-order valence-corrected chi connectivity index (χ2v) is 3.20. The quantitative estimate of drug-likeness (QED) is 0.451. The molecule has 0 unspecified atom stereocenters. The van der Waals surface area contributed by atoms with Gasteiger partial charge >= 0.3 is 0 Å². The third-order valence-corrected chi connectivity index (χ3v) is 2.01. The van der Waals surface area contributed by atoms with Gasteiger partial charge in [0.2, 0.25) is 0 Å². The minimum absolute atomic E-state index is 0. The molecular formula is C10H22NaO. The molecule has 0 atom stereocenters. The summed E-state index contributed by atoms with van der Waals surface area (Å²) in [6.07, 6.45) is 10.4. The first-order valence-electron chi connectivity index (χ1n) is 5.02. The fourth-order valence-corrected chi connectivity index (χ4v) is 1.25. The summed E-state index contributed by atoms with van der Waals surface area (Å²) in [6, 6.07) is 0. The zero-order chi connectivity index (χ0) is 8.36. The van der Waals surface area contributed by atoms with Crippen LogP contribution in [0.4, 0.5) is 0 Å². The normalized spacial score (nSPS) is 9.50. The summed E-state index contributed by atoms with van der Waals surface area (Å²) in [6.45, 7) is 2.61. The van der Waals surface area contributed by atoms with Gasteiger partial charge in [-0.05, 0) is 6.42 Å². The zero-order valence-electron chi connectivity index (χ0n) is 8.81. The van der Waals surface area contributed by atoms with E-state index in [0.717, 1.165) is 6.42 Å². The van der Waals surface area contributed by atoms with E-state index in [2.05, 4.69) is 6.92 Å². The van der Waals surface area contributed by atoms with Crippen LogP contribution in [-0.4, -0.2) is 41.3 Å². The molecule has 0 aromatic carbocycles. The summed E-state index contributed by atoms with van der Waals surface area (Å²) in [5, 5.41) is 8.51. The molecule has 0 aliphatic heterocycles. The zero-order valence-corrected chi connectivity index (χ0v) is 10.8. The van der Waals surface area contributed by atoms with Gasteiger partial charge in [-0.15, -0.1) is 0 Å². The maximum absolute atomic E-state index is 8.51. The van der Waals surface area contributed by atoms with E-state index in [9.17, 15) is 0 Å². The molecule has 0 heterocycles. The average molecular weight is 181 g/mol. The third kappa shape index (κ3) is 13.5. The monoisotopic (exact) mass is 181 g/mol. The first kappa shape index (κ1) is 15.4. The van der Waals surface area contributed by atoms with Gasteiger partial charge in [0, 0.05) is 36.2 Å². The molecule has 0 bridgehead atoms. The van der Waals surface area contributed by atoms with Crippen LogP contribution in [0.15, 0.2) is 0 Å².